The average Bonchev–Trinajstić information content (AvgIpc) is 2.67. The van der Waals surface area contributed by atoms with E-state index in [1.54, 1.807) is 0 Å². The van der Waals surface area contributed by atoms with Crippen molar-refractivity contribution in [2.45, 2.75) is 4.90 Å². The molecule has 1 heterocycles. The van der Waals surface area contributed by atoms with Gasteiger partial charge in [0.25, 0.3) is 5.91 Å². The first-order valence-corrected chi connectivity index (χ1v) is 10.6. The SMILES string of the molecule is COc1c(Cl)cc(C(=O)N2CCN(S(=O)(=O)c3ccc(F)cc3F)CC2)cc1Cl. The van der Waals surface area contributed by atoms with Gasteiger partial charge >= 0.3 is 0 Å². The van der Waals surface area contributed by atoms with Crippen molar-refractivity contribution in [1.29, 1.82) is 0 Å². The average molecular weight is 465 g/mol. The highest BCUT2D eigenvalue weighted by atomic mass is 35.5. The van der Waals surface area contributed by atoms with Crippen LogP contribution < -0.4 is 4.74 Å². The third-order valence-electron chi connectivity index (χ3n) is 4.49. The van der Waals surface area contributed by atoms with Crippen LogP contribution in [-0.4, -0.2) is 56.8 Å². The molecular weight excluding hydrogens is 449 g/mol. The molecule has 156 valence electrons. The minimum absolute atomic E-state index is 0.0392. The number of rotatable bonds is 4. The number of halogens is 4. The van der Waals surface area contributed by atoms with Crippen LogP contribution >= 0.6 is 23.2 Å². The summed E-state index contributed by atoms with van der Waals surface area (Å²) >= 11 is 12.1. The molecule has 2 aromatic rings. The lowest BCUT2D eigenvalue weighted by atomic mass is 10.1. The number of methoxy groups -OCH3 is 1. The van der Waals surface area contributed by atoms with Crippen molar-refractivity contribution in [3.05, 3.63) is 57.6 Å². The zero-order chi connectivity index (χ0) is 21.3. The highest BCUT2D eigenvalue weighted by molar-refractivity contribution is 7.89. The predicted octanol–water partition coefficient (Wildman–Crippen LogP) is 3.43. The maximum atomic E-state index is 13.9. The largest absolute Gasteiger partial charge is 0.494 e. The van der Waals surface area contributed by atoms with Crippen LogP contribution in [0.2, 0.25) is 10.0 Å². The van der Waals surface area contributed by atoms with Crippen molar-refractivity contribution in [2.24, 2.45) is 0 Å². The molecule has 0 atom stereocenters. The molecular formula is C18H16Cl2F2N2O4S. The number of carbonyl (C=O) groups excluding carboxylic acids is 1. The Bertz CT molecular complexity index is 1030. The summed E-state index contributed by atoms with van der Waals surface area (Å²) in [5, 5.41) is 0.354. The summed E-state index contributed by atoms with van der Waals surface area (Å²) in [5.41, 5.74) is 0.238. The van der Waals surface area contributed by atoms with Crippen LogP contribution in [0.25, 0.3) is 0 Å². The molecule has 1 fully saturated rings. The lowest BCUT2D eigenvalue weighted by Crippen LogP contribution is -2.50. The maximum Gasteiger partial charge on any atom is 0.254 e. The van der Waals surface area contributed by atoms with E-state index in [9.17, 15) is 22.0 Å². The van der Waals surface area contributed by atoms with E-state index in [1.807, 2.05) is 0 Å². The quantitative estimate of drug-likeness (QED) is 0.694. The standard InChI is InChI=1S/C18H16Cl2F2N2O4S/c1-28-17-13(19)8-11(9-14(17)20)18(25)23-4-6-24(7-5-23)29(26,27)16-3-2-12(21)10-15(16)22/h2-3,8-10H,4-7H2,1H3. The van der Waals surface area contributed by atoms with Gasteiger partial charge in [-0.05, 0) is 24.3 Å². The van der Waals surface area contributed by atoms with Gasteiger partial charge in [-0.25, -0.2) is 17.2 Å². The normalized spacial score (nSPS) is 15.4. The zero-order valence-corrected chi connectivity index (χ0v) is 17.5. The van der Waals surface area contributed by atoms with Gasteiger partial charge in [0.15, 0.2) is 5.75 Å². The lowest BCUT2D eigenvalue weighted by molar-refractivity contribution is 0.0697. The Labute approximate surface area is 176 Å². The Morgan fingerprint density at radius 1 is 1.03 bits per heavy atom. The van der Waals surface area contributed by atoms with E-state index >= 15 is 0 Å². The highest BCUT2D eigenvalue weighted by Gasteiger charge is 2.32. The van der Waals surface area contributed by atoms with E-state index in [-0.39, 0.29) is 53.4 Å². The smallest absolute Gasteiger partial charge is 0.254 e. The Kier molecular flexibility index (Phi) is 6.33. The molecule has 6 nitrogen and oxygen atoms in total. The summed E-state index contributed by atoms with van der Waals surface area (Å²) in [7, 11) is -2.75. The molecule has 29 heavy (non-hydrogen) atoms. The van der Waals surface area contributed by atoms with Gasteiger partial charge in [-0.15, -0.1) is 0 Å². The number of hydrogen-bond donors (Lipinski definition) is 0. The van der Waals surface area contributed by atoms with Gasteiger partial charge in [-0.3, -0.25) is 4.79 Å². The minimum atomic E-state index is -4.15. The summed E-state index contributed by atoms with van der Waals surface area (Å²) in [4.78, 5) is 13.6. The van der Waals surface area contributed by atoms with Crippen LogP contribution in [0.15, 0.2) is 35.2 Å². The first kappa shape index (κ1) is 21.8. The number of sulfonamides is 1. The van der Waals surface area contributed by atoms with Gasteiger partial charge in [0, 0.05) is 37.8 Å². The number of amides is 1. The second kappa shape index (κ2) is 8.43. The molecule has 0 N–H and O–H groups in total. The molecule has 3 rings (SSSR count). The molecule has 0 saturated carbocycles. The van der Waals surface area contributed by atoms with Gasteiger partial charge in [0.1, 0.15) is 16.5 Å². The van der Waals surface area contributed by atoms with Gasteiger partial charge < -0.3 is 9.64 Å². The number of ether oxygens (including phenoxy) is 1. The molecule has 1 aliphatic heterocycles. The molecule has 0 unspecified atom stereocenters. The fraction of sp³-hybridized carbons (Fsp3) is 0.278. The van der Waals surface area contributed by atoms with Gasteiger partial charge in [-0.1, -0.05) is 23.2 Å². The van der Waals surface area contributed by atoms with Gasteiger partial charge in [-0.2, -0.15) is 4.31 Å². The van der Waals surface area contributed by atoms with E-state index in [2.05, 4.69) is 0 Å². The Hall–Kier alpha value is -1.94. The van der Waals surface area contributed by atoms with Crippen LogP contribution in [0, 0.1) is 11.6 Å². The zero-order valence-electron chi connectivity index (χ0n) is 15.2. The molecule has 1 saturated heterocycles. The number of carbonyl (C=O) groups is 1. The van der Waals surface area contributed by atoms with E-state index in [1.165, 1.54) is 24.1 Å². The monoisotopic (exact) mass is 464 g/mol. The third-order valence-corrected chi connectivity index (χ3v) is 6.98. The summed E-state index contributed by atoms with van der Waals surface area (Å²) < 4.78 is 58.4. The molecule has 0 radical (unpaired) electrons. The lowest BCUT2D eigenvalue weighted by Gasteiger charge is -2.34. The molecule has 0 aliphatic carbocycles. The number of nitrogens with zero attached hydrogens (tertiary/aromatic N) is 2. The van der Waals surface area contributed by atoms with Crippen LogP contribution in [0.4, 0.5) is 8.78 Å². The van der Waals surface area contributed by atoms with E-state index in [0.717, 1.165) is 16.4 Å². The summed E-state index contributed by atoms with van der Waals surface area (Å²) in [6.07, 6.45) is 0. The number of piperazine rings is 1. The fourth-order valence-electron chi connectivity index (χ4n) is 3.02. The van der Waals surface area contributed by atoms with E-state index in [4.69, 9.17) is 27.9 Å². The van der Waals surface area contributed by atoms with E-state index in [0.29, 0.717) is 6.07 Å². The molecule has 1 aliphatic rings. The van der Waals surface area contributed by atoms with Gasteiger partial charge in [0.05, 0.1) is 17.2 Å². The van der Waals surface area contributed by atoms with E-state index < -0.39 is 26.6 Å². The minimum Gasteiger partial charge on any atom is -0.494 e. The number of benzene rings is 2. The molecule has 1 amide bonds. The fourth-order valence-corrected chi connectivity index (χ4v) is 5.12. The van der Waals surface area contributed by atoms with Crippen molar-refractivity contribution in [3.8, 4) is 5.75 Å². The van der Waals surface area contributed by atoms with Crippen LogP contribution in [0.3, 0.4) is 0 Å². The first-order chi connectivity index (χ1) is 13.6. The Morgan fingerprint density at radius 2 is 1.62 bits per heavy atom. The predicted molar refractivity (Wildman–Crippen MR) is 104 cm³/mol. The Balaban J connectivity index is 1.74. The van der Waals surface area contributed by atoms with Crippen LogP contribution in [0.5, 0.6) is 5.75 Å². The van der Waals surface area contributed by atoms with Crippen molar-refractivity contribution in [3.63, 3.8) is 0 Å². The van der Waals surface area contributed by atoms with Crippen LogP contribution in [-0.2, 0) is 10.0 Å². The van der Waals surface area contributed by atoms with Crippen LogP contribution in [0.1, 0.15) is 10.4 Å². The van der Waals surface area contributed by atoms with Crippen molar-refractivity contribution in [2.75, 3.05) is 33.3 Å². The second-order valence-electron chi connectivity index (χ2n) is 6.24. The van der Waals surface area contributed by atoms with Gasteiger partial charge in [0.2, 0.25) is 10.0 Å². The highest BCUT2D eigenvalue weighted by Crippen LogP contribution is 2.34. The van der Waals surface area contributed by atoms with Crippen molar-refractivity contribution >= 4 is 39.1 Å². The molecule has 0 spiro atoms. The second-order valence-corrected chi connectivity index (χ2v) is 8.96. The summed E-state index contributed by atoms with van der Waals surface area (Å²) in [6.45, 7) is 0.0926. The van der Waals surface area contributed by atoms with Crippen molar-refractivity contribution in [1.82, 2.24) is 9.21 Å². The maximum absolute atomic E-state index is 13.9. The topological polar surface area (TPSA) is 66.9 Å². The molecule has 0 aromatic heterocycles. The summed E-state index contributed by atoms with van der Waals surface area (Å²) in [6, 6.07) is 5.13. The summed E-state index contributed by atoms with van der Waals surface area (Å²) in [5.74, 6) is -2.15. The Morgan fingerprint density at radius 3 is 2.14 bits per heavy atom. The third kappa shape index (κ3) is 4.32. The molecule has 0 bridgehead atoms. The van der Waals surface area contributed by atoms with Crippen molar-refractivity contribution < 1.29 is 26.7 Å². The first-order valence-electron chi connectivity index (χ1n) is 8.42. The number of hydrogen-bond acceptors (Lipinski definition) is 4. The molecule has 11 heteroatoms. The molecule has 2 aromatic carbocycles.